The SMILES string of the molecule is Cc1ccc(C)c(CC(=O)N2C[C@@H]3CCOC[C@]3(C(=O)O)C2)c1. The molecular formula is C18H23NO4. The lowest BCUT2D eigenvalue weighted by Gasteiger charge is -2.33. The molecule has 2 aliphatic rings. The van der Waals surface area contributed by atoms with E-state index < -0.39 is 11.4 Å². The van der Waals surface area contributed by atoms with Gasteiger partial charge in [0.2, 0.25) is 5.91 Å². The third kappa shape index (κ3) is 2.85. The molecule has 1 aromatic rings. The molecule has 0 bridgehead atoms. The zero-order valence-corrected chi connectivity index (χ0v) is 13.7. The molecule has 2 heterocycles. The second-order valence-corrected chi connectivity index (χ2v) is 6.88. The fraction of sp³-hybridized carbons (Fsp3) is 0.556. The lowest BCUT2D eigenvalue weighted by Crippen LogP contribution is -2.46. The van der Waals surface area contributed by atoms with Crippen LogP contribution in [0.1, 0.15) is 23.1 Å². The zero-order valence-electron chi connectivity index (χ0n) is 13.7. The molecule has 23 heavy (non-hydrogen) atoms. The smallest absolute Gasteiger partial charge is 0.314 e. The molecule has 1 N–H and O–H groups in total. The first kappa shape index (κ1) is 16.0. The van der Waals surface area contributed by atoms with Gasteiger partial charge in [0.15, 0.2) is 0 Å². The largest absolute Gasteiger partial charge is 0.481 e. The number of likely N-dealkylation sites (tertiary alicyclic amines) is 1. The van der Waals surface area contributed by atoms with Crippen LogP contribution in [0.2, 0.25) is 0 Å². The van der Waals surface area contributed by atoms with E-state index in [1.54, 1.807) is 4.90 Å². The fourth-order valence-corrected chi connectivity index (χ4v) is 3.75. The number of ether oxygens (including phenoxy) is 1. The number of carboxylic acids is 1. The summed E-state index contributed by atoms with van der Waals surface area (Å²) in [7, 11) is 0. The van der Waals surface area contributed by atoms with Crippen LogP contribution in [0.3, 0.4) is 0 Å². The average Bonchev–Trinajstić information content (AvgIpc) is 2.92. The normalized spacial score (nSPS) is 26.9. The van der Waals surface area contributed by atoms with Gasteiger partial charge in [0.25, 0.3) is 0 Å². The molecule has 5 heteroatoms. The first-order valence-corrected chi connectivity index (χ1v) is 8.07. The van der Waals surface area contributed by atoms with Gasteiger partial charge in [-0.05, 0) is 37.3 Å². The van der Waals surface area contributed by atoms with Crippen LogP contribution < -0.4 is 0 Å². The van der Waals surface area contributed by atoms with Gasteiger partial charge < -0.3 is 14.7 Å². The van der Waals surface area contributed by atoms with Gasteiger partial charge >= 0.3 is 5.97 Å². The predicted molar refractivity (Wildman–Crippen MR) is 85.2 cm³/mol. The standard InChI is InChI=1S/C18H23NO4/c1-12-3-4-13(2)14(7-12)8-16(20)19-9-15-5-6-23-11-18(15,10-19)17(21)22/h3-4,7,15H,5-6,8-11H2,1-2H3,(H,21,22)/t15-,18+/m0/s1. The number of nitrogens with zero attached hydrogens (tertiary/aromatic N) is 1. The van der Waals surface area contributed by atoms with Crippen molar-refractivity contribution in [2.24, 2.45) is 11.3 Å². The molecule has 2 fully saturated rings. The van der Waals surface area contributed by atoms with E-state index >= 15 is 0 Å². The summed E-state index contributed by atoms with van der Waals surface area (Å²) >= 11 is 0. The molecular weight excluding hydrogens is 294 g/mol. The predicted octanol–water partition coefficient (Wildman–Crippen LogP) is 1.80. The van der Waals surface area contributed by atoms with Gasteiger partial charge in [-0.1, -0.05) is 23.8 Å². The van der Waals surface area contributed by atoms with Gasteiger partial charge in [-0.25, -0.2) is 0 Å². The van der Waals surface area contributed by atoms with Crippen molar-refractivity contribution < 1.29 is 19.4 Å². The van der Waals surface area contributed by atoms with Crippen molar-refractivity contribution in [3.05, 3.63) is 34.9 Å². The minimum Gasteiger partial charge on any atom is -0.481 e. The third-order valence-electron chi connectivity index (χ3n) is 5.29. The highest BCUT2D eigenvalue weighted by Crippen LogP contribution is 2.41. The Balaban J connectivity index is 1.76. The Morgan fingerprint density at radius 1 is 1.39 bits per heavy atom. The van der Waals surface area contributed by atoms with Crippen molar-refractivity contribution in [2.75, 3.05) is 26.3 Å². The Hall–Kier alpha value is -1.88. The van der Waals surface area contributed by atoms with E-state index in [1.807, 2.05) is 32.0 Å². The molecule has 124 valence electrons. The van der Waals surface area contributed by atoms with E-state index in [0.29, 0.717) is 26.0 Å². The van der Waals surface area contributed by atoms with Crippen LogP contribution in [-0.4, -0.2) is 48.2 Å². The van der Waals surface area contributed by atoms with Crippen LogP contribution in [0.5, 0.6) is 0 Å². The highest BCUT2D eigenvalue weighted by molar-refractivity contribution is 5.83. The molecule has 0 spiro atoms. The summed E-state index contributed by atoms with van der Waals surface area (Å²) < 4.78 is 5.41. The molecule has 3 rings (SSSR count). The topological polar surface area (TPSA) is 66.8 Å². The van der Waals surface area contributed by atoms with Crippen LogP contribution in [0.4, 0.5) is 0 Å². The highest BCUT2D eigenvalue weighted by Gasteiger charge is 2.55. The number of carbonyl (C=O) groups excluding carboxylic acids is 1. The van der Waals surface area contributed by atoms with Crippen LogP contribution in [0.15, 0.2) is 18.2 Å². The third-order valence-corrected chi connectivity index (χ3v) is 5.29. The highest BCUT2D eigenvalue weighted by atomic mass is 16.5. The van der Waals surface area contributed by atoms with Gasteiger partial charge in [-0.15, -0.1) is 0 Å². The number of amides is 1. The maximum Gasteiger partial charge on any atom is 0.314 e. The van der Waals surface area contributed by atoms with Crippen molar-refractivity contribution in [3.8, 4) is 0 Å². The Labute approximate surface area is 136 Å². The van der Waals surface area contributed by atoms with E-state index in [0.717, 1.165) is 16.7 Å². The van der Waals surface area contributed by atoms with Crippen LogP contribution in [-0.2, 0) is 20.7 Å². The summed E-state index contributed by atoms with van der Waals surface area (Å²) in [4.78, 5) is 26.2. The minimum absolute atomic E-state index is 0.00342. The number of hydrogen-bond acceptors (Lipinski definition) is 3. The molecule has 2 aliphatic heterocycles. The number of rotatable bonds is 3. The number of aryl methyl sites for hydroxylation is 2. The number of hydrogen-bond donors (Lipinski definition) is 1. The summed E-state index contributed by atoms with van der Waals surface area (Å²) in [5.74, 6) is -0.839. The molecule has 0 saturated carbocycles. The lowest BCUT2D eigenvalue weighted by molar-refractivity contribution is -0.159. The summed E-state index contributed by atoms with van der Waals surface area (Å²) in [6.45, 7) is 5.59. The van der Waals surface area contributed by atoms with Gasteiger partial charge in [-0.2, -0.15) is 0 Å². The monoisotopic (exact) mass is 317 g/mol. The van der Waals surface area contributed by atoms with E-state index in [-0.39, 0.29) is 25.0 Å². The second kappa shape index (κ2) is 5.96. The van der Waals surface area contributed by atoms with Crippen molar-refractivity contribution in [1.29, 1.82) is 0 Å². The molecule has 0 aliphatic carbocycles. The second-order valence-electron chi connectivity index (χ2n) is 6.88. The number of carboxylic acid groups (broad SMARTS) is 1. The maximum atomic E-state index is 12.7. The van der Waals surface area contributed by atoms with E-state index in [1.165, 1.54) is 0 Å². The van der Waals surface area contributed by atoms with Gasteiger partial charge in [0.05, 0.1) is 13.0 Å². The molecule has 0 aromatic heterocycles. The molecule has 2 saturated heterocycles. The van der Waals surface area contributed by atoms with Crippen LogP contribution >= 0.6 is 0 Å². The Kier molecular flexibility index (Phi) is 4.15. The molecule has 0 unspecified atom stereocenters. The van der Waals surface area contributed by atoms with Crippen LogP contribution in [0, 0.1) is 25.2 Å². The summed E-state index contributed by atoms with van der Waals surface area (Å²) in [6, 6.07) is 6.09. The number of fused-ring (bicyclic) bond motifs is 1. The summed E-state index contributed by atoms with van der Waals surface area (Å²) in [5, 5.41) is 9.65. The van der Waals surface area contributed by atoms with Crippen molar-refractivity contribution in [1.82, 2.24) is 4.90 Å². The first-order chi connectivity index (χ1) is 10.9. The molecule has 2 atom stereocenters. The van der Waals surface area contributed by atoms with Crippen molar-refractivity contribution >= 4 is 11.9 Å². The Morgan fingerprint density at radius 3 is 2.87 bits per heavy atom. The maximum absolute atomic E-state index is 12.7. The van der Waals surface area contributed by atoms with Crippen molar-refractivity contribution in [3.63, 3.8) is 0 Å². The molecule has 5 nitrogen and oxygen atoms in total. The van der Waals surface area contributed by atoms with Crippen LogP contribution in [0.25, 0.3) is 0 Å². The van der Waals surface area contributed by atoms with Crippen molar-refractivity contribution in [2.45, 2.75) is 26.7 Å². The van der Waals surface area contributed by atoms with Gasteiger partial charge in [0.1, 0.15) is 5.41 Å². The number of carbonyl (C=O) groups is 2. The Morgan fingerprint density at radius 2 is 2.17 bits per heavy atom. The van der Waals surface area contributed by atoms with Gasteiger partial charge in [-0.3, -0.25) is 9.59 Å². The Bertz CT molecular complexity index is 642. The fourth-order valence-electron chi connectivity index (χ4n) is 3.75. The zero-order chi connectivity index (χ0) is 16.6. The molecule has 1 amide bonds. The number of aliphatic carboxylic acids is 1. The molecule has 0 radical (unpaired) electrons. The van der Waals surface area contributed by atoms with Gasteiger partial charge in [0, 0.05) is 19.7 Å². The summed E-state index contributed by atoms with van der Waals surface area (Å²) in [5.41, 5.74) is 2.32. The lowest BCUT2D eigenvalue weighted by atomic mass is 9.76. The van der Waals surface area contributed by atoms with E-state index in [9.17, 15) is 14.7 Å². The minimum atomic E-state index is -0.921. The van der Waals surface area contributed by atoms with E-state index in [4.69, 9.17) is 4.74 Å². The first-order valence-electron chi connectivity index (χ1n) is 8.07. The van der Waals surface area contributed by atoms with E-state index in [2.05, 4.69) is 0 Å². The average molecular weight is 317 g/mol. The quantitative estimate of drug-likeness (QED) is 0.923. The molecule has 1 aromatic carbocycles. The number of benzene rings is 1. The summed E-state index contributed by atoms with van der Waals surface area (Å²) in [6.07, 6.45) is 1.04.